The number of likely N-dealkylation sites (N-methyl/N-ethyl adjacent to an activating group) is 1. The number of amides is 2. The number of nitrogens with zero attached hydrogens (tertiary/aromatic N) is 2. The zero-order valence-electron chi connectivity index (χ0n) is 17.9. The van der Waals surface area contributed by atoms with E-state index < -0.39 is 0 Å². The van der Waals surface area contributed by atoms with Gasteiger partial charge in [-0.25, -0.2) is 4.79 Å². The Kier molecular flexibility index (Phi) is 4.80. The van der Waals surface area contributed by atoms with Crippen LogP contribution in [0.3, 0.4) is 0 Å². The zero-order valence-corrected chi connectivity index (χ0v) is 17.9. The average molecular weight is 413 g/mol. The van der Waals surface area contributed by atoms with Crippen LogP contribution >= 0.6 is 0 Å². The fourth-order valence-corrected chi connectivity index (χ4v) is 7.13. The summed E-state index contributed by atoms with van der Waals surface area (Å²) >= 11 is 0. The number of aliphatic hydroxyl groups excluding tert-OH is 1. The highest BCUT2D eigenvalue weighted by atomic mass is 16.5. The van der Waals surface area contributed by atoms with Crippen molar-refractivity contribution < 1.29 is 19.4 Å². The Labute approximate surface area is 178 Å². The van der Waals surface area contributed by atoms with Gasteiger partial charge in [0.05, 0.1) is 19.3 Å². The number of methoxy groups -OCH3 is 1. The monoisotopic (exact) mass is 412 g/mol. The van der Waals surface area contributed by atoms with Crippen LogP contribution in [-0.4, -0.2) is 66.3 Å². The second-order valence-corrected chi connectivity index (χ2v) is 9.96. The summed E-state index contributed by atoms with van der Waals surface area (Å²) < 4.78 is 4.80. The van der Waals surface area contributed by atoms with Crippen LogP contribution in [0.5, 0.6) is 0 Å². The third-order valence-corrected chi connectivity index (χ3v) is 8.75. The molecule has 4 saturated carbocycles. The van der Waals surface area contributed by atoms with Gasteiger partial charge in [0.15, 0.2) is 0 Å². The molecule has 4 aliphatic carbocycles. The number of rotatable bonds is 4. The number of likely N-dealkylation sites (tertiary alicyclic amines) is 1. The van der Waals surface area contributed by atoms with Gasteiger partial charge in [-0.15, -0.1) is 0 Å². The lowest BCUT2D eigenvalue weighted by Crippen LogP contribution is -2.64. The molecule has 0 spiro atoms. The molecule has 2 amide bonds. The van der Waals surface area contributed by atoms with E-state index in [1.165, 1.54) is 12.7 Å². The summed E-state index contributed by atoms with van der Waals surface area (Å²) in [4.78, 5) is 28.6. The highest BCUT2D eigenvalue weighted by molar-refractivity contribution is 5.79. The predicted molar refractivity (Wildman–Crippen MR) is 112 cm³/mol. The van der Waals surface area contributed by atoms with E-state index in [1.807, 2.05) is 11.0 Å². The number of carbonyl (C=O) groups excluding carboxylic acids is 2. The van der Waals surface area contributed by atoms with Crippen molar-refractivity contribution in [3.8, 4) is 0 Å². The van der Waals surface area contributed by atoms with Crippen LogP contribution < -0.4 is 0 Å². The normalized spacial score (nSPS) is 37.0. The third kappa shape index (κ3) is 2.87. The second kappa shape index (κ2) is 7.26. The molecular formula is C24H32N2O4. The highest BCUT2D eigenvalue weighted by Gasteiger charge is 2.61. The maximum absolute atomic E-state index is 13.4. The molecule has 1 aromatic rings. The molecule has 6 heteroatoms. The lowest BCUT2D eigenvalue weighted by molar-refractivity contribution is -0.156. The van der Waals surface area contributed by atoms with Gasteiger partial charge in [-0.3, -0.25) is 4.79 Å². The van der Waals surface area contributed by atoms with Crippen molar-refractivity contribution in [2.45, 2.75) is 49.7 Å². The molecular weight excluding hydrogens is 380 g/mol. The molecule has 0 unspecified atom stereocenters. The lowest BCUT2D eigenvalue weighted by atomic mass is 9.42. The van der Waals surface area contributed by atoms with E-state index in [4.69, 9.17) is 4.74 Å². The third-order valence-electron chi connectivity index (χ3n) is 8.75. The summed E-state index contributed by atoms with van der Waals surface area (Å²) in [6, 6.07) is 10.7. The molecule has 1 aromatic carbocycles. The summed E-state index contributed by atoms with van der Waals surface area (Å²) in [7, 11) is 3.11. The second-order valence-electron chi connectivity index (χ2n) is 9.96. The first-order chi connectivity index (χ1) is 14.4. The Hall–Kier alpha value is -2.08. The van der Waals surface area contributed by atoms with Crippen molar-refractivity contribution in [1.29, 1.82) is 0 Å². The van der Waals surface area contributed by atoms with Crippen LogP contribution in [-0.2, 0) is 14.9 Å². The zero-order chi connectivity index (χ0) is 21.0. The first-order valence-corrected chi connectivity index (χ1v) is 11.3. The summed E-state index contributed by atoms with van der Waals surface area (Å²) in [6.07, 6.45) is 4.16. The molecule has 0 atom stereocenters. The number of hydrogen-bond acceptors (Lipinski definition) is 4. The first-order valence-electron chi connectivity index (χ1n) is 11.3. The van der Waals surface area contributed by atoms with Crippen LogP contribution in [0.25, 0.3) is 0 Å². The molecule has 1 aliphatic heterocycles. The van der Waals surface area contributed by atoms with Gasteiger partial charge in [0, 0.05) is 32.0 Å². The lowest BCUT2D eigenvalue weighted by Gasteiger charge is -2.63. The number of carbonyl (C=O) groups is 2. The van der Waals surface area contributed by atoms with Crippen molar-refractivity contribution in [3.63, 3.8) is 0 Å². The van der Waals surface area contributed by atoms with E-state index in [9.17, 15) is 14.7 Å². The highest BCUT2D eigenvalue weighted by Crippen LogP contribution is 2.64. The topological polar surface area (TPSA) is 70.1 Å². The molecule has 1 heterocycles. The van der Waals surface area contributed by atoms with Crippen LogP contribution in [0.15, 0.2) is 30.3 Å². The molecule has 4 bridgehead atoms. The quantitative estimate of drug-likeness (QED) is 0.825. The van der Waals surface area contributed by atoms with Gasteiger partial charge in [0.1, 0.15) is 0 Å². The average Bonchev–Trinajstić information content (AvgIpc) is 2.71. The molecule has 0 radical (unpaired) electrons. The van der Waals surface area contributed by atoms with Gasteiger partial charge in [-0.05, 0) is 54.9 Å². The smallest absolute Gasteiger partial charge is 0.409 e. The predicted octanol–water partition coefficient (Wildman–Crippen LogP) is 2.65. The van der Waals surface area contributed by atoms with Gasteiger partial charge in [0.2, 0.25) is 5.91 Å². The molecule has 5 aliphatic rings. The molecule has 1 N–H and O–H groups in total. The fraction of sp³-hybridized carbons (Fsp3) is 0.667. The SMILES string of the molecule is COC(=O)N(C)C1CN(C(=O)CC2(c3ccccc3)C3CC4CC2CC(C3)C4O)C1. The van der Waals surface area contributed by atoms with Gasteiger partial charge in [-0.1, -0.05) is 30.3 Å². The Bertz CT molecular complexity index is 790. The van der Waals surface area contributed by atoms with Crippen molar-refractivity contribution in [2.24, 2.45) is 23.7 Å². The Balaban J connectivity index is 1.37. The summed E-state index contributed by atoms with van der Waals surface area (Å²) in [5.74, 6) is 1.93. The van der Waals surface area contributed by atoms with E-state index in [0.717, 1.165) is 25.7 Å². The molecule has 5 fully saturated rings. The van der Waals surface area contributed by atoms with Crippen LogP contribution in [0.1, 0.15) is 37.7 Å². The Morgan fingerprint density at radius 2 is 1.67 bits per heavy atom. The van der Waals surface area contributed by atoms with Crippen LogP contribution in [0.2, 0.25) is 0 Å². The number of benzene rings is 1. The number of aliphatic hydroxyl groups is 1. The van der Waals surface area contributed by atoms with Gasteiger partial charge < -0.3 is 19.6 Å². The van der Waals surface area contributed by atoms with Crippen LogP contribution in [0.4, 0.5) is 4.79 Å². The Morgan fingerprint density at radius 3 is 2.20 bits per heavy atom. The fourth-order valence-electron chi connectivity index (χ4n) is 7.13. The Morgan fingerprint density at radius 1 is 1.10 bits per heavy atom. The number of hydrogen-bond donors (Lipinski definition) is 1. The number of ether oxygens (including phenoxy) is 1. The molecule has 0 aromatic heterocycles. The summed E-state index contributed by atoms with van der Waals surface area (Å²) in [5, 5.41) is 10.6. The van der Waals surface area contributed by atoms with E-state index in [-0.39, 0.29) is 29.6 Å². The maximum atomic E-state index is 13.4. The maximum Gasteiger partial charge on any atom is 0.409 e. The minimum atomic E-state index is -0.354. The van der Waals surface area contributed by atoms with Crippen molar-refractivity contribution in [2.75, 3.05) is 27.2 Å². The largest absolute Gasteiger partial charge is 0.453 e. The van der Waals surface area contributed by atoms with Gasteiger partial charge in [0.25, 0.3) is 0 Å². The van der Waals surface area contributed by atoms with E-state index in [1.54, 1.807) is 11.9 Å². The van der Waals surface area contributed by atoms with E-state index >= 15 is 0 Å². The van der Waals surface area contributed by atoms with Gasteiger partial charge in [-0.2, -0.15) is 0 Å². The molecule has 1 saturated heterocycles. The molecule has 6 rings (SSSR count). The summed E-state index contributed by atoms with van der Waals surface area (Å²) in [6.45, 7) is 1.16. The molecule has 6 nitrogen and oxygen atoms in total. The van der Waals surface area contributed by atoms with Crippen LogP contribution in [0, 0.1) is 23.7 Å². The van der Waals surface area contributed by atoms with Crippen molar-refractivity contribution in [1.82, 2.24) is 9.80 Å². The van der Waals surface area contributed by atoms with E-state index in [0.29, 0.717) is 43.2 Å². The van der Waals surface area contributed by atoms with Crippen molar-refractivity contribution in [3.05, 3.63) is 35.9 Å². The van der Waals surface area contributed by atoms with Gasteiger partial charge >= 0.3 is 6.09 Å². The molecule has 30 heavy (non-hydrogen) atoms. The standard InChI is InChI=1S/C24H32N2O4/c1-25(23(29)30-2)20-13-26(14-20)21(27)12-24(17-6-4-3-5-7-17)18-8-15-9-19(24)11-16(10-18)22(15)28/h3-7,15-16,18-20,22,28H,8-14H2,1-2H3. The van der Waals surface area contributed by atoms with Crippen molar-refractivity contribution >= 4 is 12.0 Å². The van der Waals surface area contributed by atoms with E-state index in [2.05, 4.69) is 24.3 Å². The minimum absolute atomic E-state index is 0.0303. The first kappa shape index (κ1) is 19.9. The summed E-state index contributed by atoms with van der Waals surface area (Å²) in [5.41, 5.74) is 1.18. The molecule has 162 valence electrons. The minimum Gasteiger partial charge on any atom is -0.453 e.